The van der Waals surface area contributed by atoms with Gasteiger partial charge in [-0.2, -0.15) is 0 Å². The van der Waals surface area contributed by atoms with Crippen LogP contribution in [0, 0.1) is 6.92 Å². The summed E-state index contributed by atoms with van der Waals surface area (Å²) in [4.78, 5) is 11.0. The average Bonchev–Trinajstić information content (AvgIpc) is 2.42. The fraction of sp³-hybridized carbons (Fsp3) is 0.278. The van der Waals surface area contributed by atoms with E-state index in [0.717, 1.165) is 17.2 Å². The van der Waals surface area contributed by atoms with Crippen LogP contribution in [0.4, 0.5) is 0 Å². The summed E-state index contributed by atoms with van der Waals surface area (Å²) in [5, 5.41) is 0. The first-order valence-electron chi connectivity index (χ1n) is 7.03. The first-order chi connectivity index (χ1) is 10.0. The fourth-order valence-corrected chi connectivity index (χ4v) is 2.01. The Morgan fingerprint density at radius 1 is 0.952 bits per heavy atom. The van der Waals surface area contributed by atoms with Crippen LogP contribution in [0.5, 0.6) is 17.2 Å². The summed E-state index contributed by atoms with van der Waals surface area (Å²) < 4.78 is 11.4. The SMILES string of the molecule is CC(=O)CC(C)Oc1ccc(Oc2ccc(C)cc2)cc1. The van der Waals surface area contributed by atoms with Crippen molar-refractivity contribution >= 4 is 5.78 Å². The molecule has 0 bridgehead atoms. The molecule has 3 heteroatoms. The van der Waals surface area contributed by atoms with E-state index in [1.54, 1.807) is 6.92 Å². The Morgan fingerprint density at radius 2 is 1.43 bits per heavy atom. The summed E-state index contributed by atoms with van der Waals surface area (Å²) in [7, 11) is 0. The standard InChI is InChI=1S/C18H20O3/c1-13-4-6-17(7-5-13)21-18-10-8-16(9-11-18)20-15(3)12-14(2)19/h4-11,15H,12H2,1-3H3. The number of rotatable bonds is 6. The normalized spacial score (nSPS) is 11.8. The predicted octanol–water partition coefficient (Wildman–Crippen LogP) is 4.53. The molecule has 110 valence electrons. The molecule has 0 spiro atoms. The maximum atomic E-state index is 11.0. The van der Waals surface area contributed by atoms with Gasteiger partial charge in [0.2, 0.25) is 0 Å². The van der Waals surface area contributed by atoms with Gasteiger partial charge in [-0.1, -0.05) is 17.7 Å². The van der Waals surface area contributed by atoms with Crippen LogP contribution in [0.2, 0.25) is 0 Å². The van der Waals surface area contributed by atoms with Gasteiger partial charge in [-0.15, -0.1) is 0 Å². The second-order valence-electron chi connectivity index (χ2n) is 5.22. The Balaban J connectivity index is 1.95. The highest BCUT2D eigenvalue weighted by molar-refractivity contribution is 5.75. The molecular weight excluding hydrogens is 264 g/mol. The van der Waals surface area contributed by atoms with Crippen LogP contribution >= 0.6 is 0 Å². The van der Waals surface area contributed by atoms with Crippen molar-refractivity contribution in [1.29, 1.82) is 0 Å². The number of aryl methyl sites for hydroxylation is 1. The number of ketones is 1. The smallest absolute Gasteiger partial charge is 0.133 e. The zero-order valence-corrected chi connectivity index (χ0v) is 12.6. The molecule has 0 aliphatic rings. The minimum atomic E-state index is -0.119. The van der Waals surface area contributed by atoms with E-state index in [-0.39, 0.29) is 11.9 Å². The van der Waals surface area contributed by atoms with Crippen molar-refractivity contribution in [3.05, 3.63) is 54.1 Å². The molecule has 2 aromatic rings. The summed E-state index contributed by atoms with van der Waals surface area (Å²) >= 11 is 0. The van der Waals surface area contributed by atoms with Crippen LogP contribution in [0.3, 0.4) is 0 Å². The summed E-state index contributed by atoms with van der Waals surface area (Å²) in [5.41, 5.74) is 1.20. The third-order valence-corrected chi connectivity index (χ3v) is 2.99. The van der Waals surface area contributed by atoms with Gasteiger partial charge in [0.25, 0.3) is 0 Å². The molecule has 0 aliphatic heterocycles. The first-order valence-corrected chi connectivity index (χ1v) is 7.03. The molecule has 1 atom stereocenters. The summed E-state index contributed by atoms with van der Waals surface area (Å²) in [6, 6.07) is 15.3. The maximum absolute atomic E-state index is 11.0. The van der Waals surface area contributed by atoms with E-state index in [1.807, 2.05) is 62.4 Å². The second-order valence-corrected chi connectivity index (χ2v) is 5.22. The molecule has 2 rings (SSSR count). The molecule has 0 N–H and O–H groups in total. The third kappa shape index (κ3) is 4.95. The number of carbonyl (C=O) groups is 1. The molecule has 0 aromatic heterocycles. The van der Waals surface area contributed by atoms with Gasteiger partial charge in [0.1, 0.15) is 29.1 Å². The van der Waals surface area contributed by atoms with E-state index < -0.39 is 0 Å². The summed E-state index contributed by atoms with van der Waals surface area (Å²) in [6.07, 6.45) is 0.299. The van der Waals surface area contributed by atoms with Crippen molar-refractivity contribution in [3.63, 3.8) is 0 Å². The first kappa shape index (κ1) is 15.1. The van der Waals surface area contributed by atoms with Gasteiger partial charge in [0, 0.05) is 6.42 Å². The van der Waals surface area contributed by atoms with Crippen LogP contribution in [0.1, 0.15) is 25.8 Å². The van der Waals surface area contributed by atoms with E-state index in [0.29, 0.717) is 6.42 Å². The van der Waals surface area contributed by atoms with E-state index in [4.69, 9.17) is 9.47 Å². The number of ether oxygens (including phenoxy) is 2. The highest BCUT2D eigenvalue weighted by atomic mass is 16.5. The molecule has 0 heterocycles. The van der Waals surface area contributed by atoms with Gasteiger partial charge in [-0.05, 0) is 57.2 Å². The van der Waals surface area contributed by atoms with Gasteiger partial charge in [0.05, 0.1) is 0 Å². The second kappa shape index (κ2) is 6.93. The molecular formula is C18H20O3. The van der Waals surface area contributed by atoms with Crippen LogP contribution in [-0.2, 0) is 4.79 Å². The van der Waals surface area contributed by atoms with Crippen molar-refractivity contribution < 1.29 is 14.3 Å². The van der Waals surface area contributed by atoms with E-state index in [9.17, 15) is 4.79 Å². The molecule has 0 saturated heterocycles. The fourth-order valence-electron chi connectivity index (χ4n) is 2.01. The Morgan fingerprint density at radius 3 is 1.95 bits per heavy atom. The lowest BCUT2D eigenvalue weighted by molar-refractivity contribution is -0.118. The molecule has 0 saturated carbocycles. The van der Waals surface area contributed by atoms with Gasteiger partial charge in [0.15, 0.2) is 0 Å². The number of carbonyl (C=O) groups excluding carboxylic acids is 1. The van der Waals surface area contributed by atoms with Crippen molar-refractivity contribution in [2.45, 2.75) is 33.3 Å². The Kier molecular flexibility index (Phi) is 4.99. The highest BCUT2D eigenvalue weighted by Crippen LogP contribution is 2.24. The van der Waals surface area contributed by atoms with Gasteiger partial charge >= 0.3 is 0 Å². The quantitative estimate of drug-likeness (QED) is 0.781. The number of Topliss-reactive ketones (excluding diaryl/α,β-unsaturated/α-hetero) is 1. The van der Waals surface area contributed by atoms with Gasteiger partial charge in [-0.25, -0.2) is 0 Å². The van der Waals surface area contributed by atoms with Crippen molar-refractivity contribution in [1.82, 2.24) is 0 Å². The van der Waals surface area contributed by atoms with E-state index in [1.165, 1.54) is 5.56 Å². The molecule has 0 aliphatic carbocycles. The molecule has 1 unspecified atom stereocenters. The van der Waals surface area contributed by atoms with Crippen LogP contribution in [0.15, 0.2) is 48.5 Å². The predicted molar refractivity (Wildman–Crippen MR) is 83.1 cm³/mol. The van der Waals surface area contributed by atoms with E-state index >= 15 is 0 Å². The Hall–Kier alpha value is -2.29. The molecule has 0 fully saturated rings. The number of benzene rings is 2. The minimum absolute atomic E-state index is 0.119. The molecule has 0 radical (unpaired) electrons. The highest BCUT2D eigenvalue weighted by Gasteiger charge is 2.07. The van der Waals surface area contributed by atoms with Crippen LogP contribution in [-0.4, -0.2) is 11.9 Å². The van der Waals surface area contributed by atoms with Gasteiger partial charge in [-0.3, -0.25) is 4.79 Å². The Bertz CT molecular complexity index is 585. The molecule has 0 amide bonds. The Labute approximate surface area is 125 Å². The number of hydrogen-bond acceptors (Lipinski definition) is 3. The molecule has 21 heavy (non-hydrogen) atoms. The minimum Gasteiger partial charge on any atom is -0.490 e. The van der Waals surface area contributed by atoms with Crippen LogP contribution in [0.25, 0.3) is 0 Å². The lowest BCUT2D eigenvalue weighted by Gasteiger charge is -2.13. The third-order valence-electron chi connectivity index (χ3n) is 2.99. The average molecular weight is 284 g/mol. The number of hydrogen-bond donors (Lipinski definition) is 0. The largest absolute Gasteiger partial charge is 0.490 e. The monoisotopic (exact) mass is 284 g/mol. The molecule has 2 aromatic carbocycles. The summed E-state index contributed by atoms with van der Waals surface area (Å²) in [5.74, 6) is 2.42. The van der Waals surface area contributed by atoms with Crippen LogP contribution < -0.4 is 9.47 Å². The molecule has 3 nitrogen and oxygen atoms in total. The van der Waals surface area contributed by atoms with Crippen molar-refractivity contribution in [2.24, 2.45) is 0 Å². The van der Waals surface area contributed by atoms with E-state index in [2.05, 4.69) is 0 Å². The zero-order chi connectivity index (χ0) is 15.2. The summed E-state index contributed by atoms with van der Waals surface area (Å²) in [6.45, 7) is 5.49. The topological polar surface area (TPSA) is 35.5 Å². The zero-order valence-electron chi connectivity index (χ0n) is 12.6. The van der Waals surface area contributed by atoms with Gasteiger partial charge < -0.3 is 9.47 Å². The maximum Gasteiger partial charge on any atom is 0.133 e. The van der Waals surface area contributed by atoms with Crippen molar-refractivity contribution in [3.8, 4) is 17.2 Å². The lowest BCUT2D eigenvalue weighted by Crippen LogP contribution is -2.15. The lowest BCUT2D eigenvalue weighted by atomic mass is 10.2. The van der Waals surface area contributed by atoms with Crippen molar-refractivity contribution in [2.75, 3.05) is 0 Å².